The van der Waals surface area contributed by atoms with Gasteiger partial charge < -0.3 is 15.3 Å². The standard InChI is InChI=1S/C14H16BrFN2O3/c1-8-3-2-6-18(12(8)13(19)20)14(21)17-11-7-9(15)4-5-10(11)16/h4-5,7-8,12H,2-3,6H2,1H3,(H,17,21)(H,19,20). The molecule has 2 rings (SSSR count). The summed E-state index contributed by atoms with van der Waals surface area (Å²) in [6.45, 7) is 2.15. The van der Waals surface area contributed by atoms with E-state index in [0.717, 1.165) is 12.8 Å². The van der Waals surface area contributed by atoms with Crippen LogP contribution in [0.5, 0.6) is 0 Å². The lowest BCUT2D eigenvalue weighted by Crippen LogP contribution is -2.53. The van der Waals surface area contributed by atoms with Crippen molar-refractivity contribution in [1.29, 1.82) is 0 Å². The highest BCUT2D eigenvalue weighted by atomic mass is 79.9. The fraction of sp³-hybridized carbons (Fsp3) is 0.429. The van der Waals surface area contributed by atoms with Crippen LogP contribution in [-0.2, 0) is 4.79 Å². The van der Waals surface area contributed by atoms with E-state index in [1.807, 2.05) is 0 Å². The third-order valence-electron chi connectivity index (χ3n) is 3.62. The lowest BCUT2D eigenvalue weighted by atomic mass is 9.91. The van der Waals surface area contributed by atoms with Crippen LogP contribution in [0.3, 0.4) is 0 Å². The van der Waals surface area contributed by atoms with Gasteiger partial charge in [0.25, 0.3) is 0 Å². The normalized spacial score (nSPS) is 22.0. The molecular formula is C14H16BrFN2O3. The summed E-state index contributed by atoms with van der Waals surface area (Å²) in [7, 11) is 0. The Hall–Kier alpha value is -1.63. The van der Waals surface area contributed by atoms with Gasteiger partial charge in [-0.3, -0.25) is 0 Å². The smallest absolute Gasteiger partial charge is 0.326 e. The van der Waals surface area contributed by atoms with E-state index in [4.69, 9.17) is 0 Å². The topological polar surface area (TPSA) is 69.6 Å². The van der Waals surface area contributed by atoms with Gasteiger partial charge in [0.05, 0.1) is 5.69 Å². The minimum atomic E-state index is -1.04. The second-order valence-electron chi connectivity index (χ2n) is 5.15. The molecule has 2 atom stereocenters. The summed E-state index contributed by atoms with van der Waals surface area (Å²) in [6.07, 6.45) is 1.49. The summed E-state index contributed by atoms with van der Waals surface area (Å²) in [5.74, 6) is -1.73. The molecule has 114 valence electrons. The van der Waals surface area contributed by atoms with Gasteiger partial charge in [-0.05, 0) is 37.0 Å². The van der Waals surface area contributed by atoms with Crippen LogP contribution in [-0.4, -0.2) is 34.6 Å². The zero-order valence-corrected chi connectivity index (χ0v) is 13.1. The first kappa shape index (κ1) is 15.8. The molecule has 2 unspecified atom stereocenters. The number of carboxylic acid groups (broad SMARTS) is 1. The fourth-order valence-electron chi connectivity index (χ4n) is 2.57. The van der Waals surface area contributed by atoms with E-state index in [1.54, 1.807) is 6.92 Å². The number of carbonyl (C=O) groups excluding carboxylic acids is 1. The average molecular weight is 359 g/mol. The highest BCUT2D eigenvalue weighted by Crippen LogP contribution is 2.25. The molecule has 2 N–H and O–H groups in total. The number of likely N-dealkylation sites (tertiary alicyclic amines) is 1. The van der Waals surface area contributed by atoms with Gasteiger partial charge in [0, 0.05) is 11.0 Å². The Morgan fingerprint density at radius 1 is 1.48 bits per heavy atom. The van der Waals surface area contributed by atoms with Gasteiger partial charge in [-0.1, -0.05) is 22.9 Å². The van der Waals surface area contributed by atoms with E-state index in [1.165, 1.54) is 23.1 Å². The van der Waals surface area contributed by atoms with E-state index in [-0.39, 0.29) is 11.6 Å². The SMILES string of the molecule is CC1CCCN(C(=O)Nc2cc(Br)ccc2F)C1C(=O)O. The van der Waals surface area contributed by atoms with Crippen molar-refractivity contribution in [2.75, 3.05) is 11.9 Å². The third-order valence-corrected chi connectivity index (χ3v) is 4.11. The molecular weight excluding hydrogens is 343 g/mol. The number of rotatable bonds is 2. The largest absolute Gasteiger partial charge is 0.480 e. The number of nitrogens with zero attached hydrogens (tertiary/aromatic N) is 1. The van der Waals surface area contributed by atoms with E-state index in [2.05, 4.69) is 21.2 Å². The molecule has 0 aliphatic carbocycles. The van der Waals surface area contributed by atoms with Crippen LogP contribution in [0.1, 0.15) is 19.8 Å². The number of urea groups is 1. The van der Waals surface area contributed by atoms with Gasteiger partial charge in [-0.15, -0.1) is 0 Å². The molecule has 0 radical (unpaired) electrons. The Bertz CT molecular complexity index is 567. The van der Waals surface area contributed by atoms with Gasteiger partial charge in [-0.25, -0.2) is 14.0 Å². The van der Waals surface area contributed by atoms with E-state index < -0.39 is 23.9 Å². The van der Waals surface area contributed by atoms with Crippen molar-refractivity contribution in [3.63, 3.8) is 0 Å². The molecule has 1 aromatic carbocycles. The number of aliphatic carboxylic acids is 1. The van der Waals surface area contributed by atoms with Crippen molar-refractivity contribution < 1.29 is 19.1 Å². The van der Waals surface area contributed by atoms with Gasteiger partial charge in [0.2, 0.25) is 0 Å². The molecule has 7 heteroatoms. The zero-order chi connectivity index (χ0) is 15.6. The van der Waals surface area contributed by atoms with Crippen molar-refractivity contribution in [2.45, 2.75) is 25.8 Å². The summed E-state index contributed by atoms with van der Waals surface area (Å²) < 4.78 is 14.3. The van der Waals surface area contributed by atoms with Crippen LogP contribution in [0.15, 0.2) is 22.7 Å². The number of hydrogen-bond donors (Lipinski definition) is 2. The number of carbonyl (C=O) groups is 2. The molecule has 1 aliphatic rings. The number of halogens is 2. The molecule has 1 saturated heterocycles. The molecule has 0 spiro atoms. The average Bonchev–Trinajstić information content (AvgIpc) is 2.42. The quantitative estimate of drug-likeness (QED) is 0.851. The Morgan fingerprint density at radius 3 is 2.86 bits per heavy atom. The van der Waals surface area contributed by atoms with Crippen LogP contribution < -0.4 is 5.32 Å². The Labute approximate surface area is 130 Å². The minimum Gasteiger partial charge on any atom is -0.480 e. The molecule has 21 heavy (non-hydrogen) atoms. The molecule has 1 aromatic rings. The second kappa shape index (κ2) is 6.43. The molecule has 0 bridgehead atoms. The monoisotopic (exact) mass is 358 g/mol. The van der Waals surface area contributed by atoms with E-state index in [9.17, 15) is 19.1 Å². The minimum absolute atomic E-state index is 0.0248. The first-order valence-corrected chi connectivity index (χ1v) is 7.45. The summed E-state index contributed by atoms with van der Waals surface area (Å²) in [6, 6.07) is 2.72. The molecule has 2 amide bonds. The third kappa shape index (κ3) is 3.53. The summed E-state index contributed by atoms with van der Waals surface area (Å²) in [5.41, 5.74) is 0.0248. The maximum absolute atomic E-state index is 13.7. The van der Waals surface area contributed by atoms with Gasteiger partial charge in [-0.2, -0.15) is 0 Å². The number of benzene rings is 1. The molecule has 0 aromatic heterocycles. The molecule has 0 saturated carbocycles. The number of carboxylic acids is 1. The van der Waals surface area contributed by atoms with E-state index in [0.29, 0.717) is 11.0 Å². The predicted molar refractivity (Wildman–Crippen MR) is 79.6 cm³/mol. The lowest BCUT2D eigenvalue weighted by Gasteiger charge is -2.37. The fourth-order valence-corrected chi connectivity index (χ4v) is 2.93. The second-order valence-corrected chi connectivity index (χ2v) is 6.07. The van der Waals surface area contributed by atoms with Crippen LogP contribution in [0.4, 0.5) is 14.9 Å². The van der Waals surface area contributed by atoms with Crippen LogP contribution in [0.2, 0.25) is 0 Å². The number of hydrogen-bond acceptors (Lipinski definition) is 2. The van der Waals surface area contributed by atoms with E-state index >= 15 is 0 Å². The Kier molecular flexibility index (Phi) is 4.82. The first-order valence-electron chi connectivity index (χ1n) is 6.65. The van der Waals surface area contributed by atoms with Crippen LogP contribution in [0.25, 0.3) is 0 Å². The summed E-state index contributed by atoms with van der Waals surface area (Å²) >= 11 is 3.20. The number of amides is 2. The maximum atomic E-state index is 13.7. The van der Waals surface area contributed by atoms with Crippen LogP contribution in [0, 0.1) is 11.7 Å². The summed E-state index contributed by atoms with van der Waals surface area (Å²) in [5, 5.41) is 11.7. The number of nitrogens with one attached hydrogen (secondary N) is 1. The van der Waals surface area contributed by atoms with Crippen molar-refractivity contribution in [2.24, 2.45) is 5.92 Å². The molecule has 1 aliphatic heterocycles. The highest BCUT2D eigenvalue weighted by Gasteiger charge is 2.37. The summed E-state index contributed by atoms with van der Waals surface area (Å²) in [4.78, 5) is 24.9. The Balaban J connectivity index is 2.18. The molecule has 5 nitrogen and oxygen atoms in total. The van der Waals surface area contributed by atoms with Crippen LogP contribution >= 0.6 is 15.9 Å². The van der Waals surface area contributed by atoms with Crippen molar-refractivity contribution in [3.8, 4) is 0 Å². The number of anilines is 1. The maximum Gasteiger partial charge on any atom is 0.326 e. The zero-order valence-electron chi connectivity index (χ0n) is 11.5. The predicted octanol–water partition coefficient (Wildman–Crippen LogP) is 3.31. The number of piperidine rings is 1. The van der Waals surface area contributed by atoms with Gasteiger partial charge in [0.1, 0.15) is 11.9 Å². The first-order chi connectivity index (χ1) is 9.90. The molecule has 1 fully saturated rings. The van der Waals surface area contributed by atoms with Crippen molar-refractivity contribution in [3.05, 3.63) is 28.5 Å². The Morgan fingerprint density at radius 2 is 2.19 bits per heavy atom. The van der Waals surface area contributed by atoms with Gasteiger partial charge in [0.15, 0.2) is 0 Å². The van der Waals surface area contributed by atoms with Crippen molar-refractivity contribution in [1.82, 2.24) is 4.90 Å². The van der Waals surface area contributed by atoms with Gasteiger partial charge >= 0.3 is 12.0 Å². The molecule has 1 heterocycles. The van der Waals surface area contributed by atoms with Crippen molar-refractivity contribution >= 4 is 33.6 Å². The highest BCUT2D eigenvalue weighted by molar-refractivity contribution is 9.10. The lowest BCUT2D eigenvalue weighted by molar-refractivity contribution is -0.145.